The number of fused-ring (bicyclic) bond motifs is 1. The first-order valence-corrected chi connectivity index (χ1v) is 11.6. The van der Waals surface area contributed by atoms with Crippen molar-refractivity contribution >= 4 is 44.9 Å². The van der Waals surface area contributed by atoms with Crippen LogP contribution in [0.5, 0.6) is 0 Å². The third kappa shape index (κ3) is 4.30. The van der Waals surface area contributed by atoms with E-state index >= 15 is 0 Å². The van der Waals surface area contributed by atoms with Crippen LogP contribution in [0.3, 0.4) is 0 Å². The van der Waals surface area contributed by atoms with Gasteiger partial charge < -0.3 is 14.2 Å². The summed E-state index contributed by atoms with van der Waals surface area (Å²) in [4.78, 5) is 17.3. The van der Waals surface area contributed by atoms with E-state index in [1.165, 1.54) is 28.3 Å². The third-order valence-electron chi connectivity index (χ3n) is 4.73. The van der Waals surface area contributed by atoms with Gasteiger partial charge in [-0.15, -0.1) is 21.5 Å². The number of nitrogens with one attached hydrogen (secondary N) is 1. The number of hydrogen-bond acceptors (Lipinski definition) is 8. The molecule has 160 valence electrons. The number of hydrogen-bond donors (Lipinski definition) is 1. The first kappa shape index (κ1) is 20.5. The fourth-order valence-corrected chi connectivity index (χ4v) is 4.81. The van der Waals surface area contributed by atoms with Crippen LogP contribution in [-0.2, 0) is 4.79 Å². The first-order chi connectivity index (χ1) is 15.5. The molecule has 7 nitrogen and oxygen atoms in total. The van der Waals surface area contributed by atoms with E-state index in [9.17, 15) is 4.79 Å². The minimum absolute atomic E-state index is 0.157. The second-order valence-electron chi connectivity index (χ2n) is 7.17. The van der Waals surface area contributed by atoms with Crippen molar-refractivity contribution in [2.75, 3.05) is 5.32 Å². The van der Waals surface area contributed by atoms with E-state index in [0.29, 0.717) is 16.7 Å². The zero-order valence-corrected chi connectivity index (χ0v) is 18.9. The maximum atomic E-state index is 12.6. The van der Waals surface area contributed by atoms with Gasteiger partial charge in [-0.3, -0.25) is 4.79 Å². The fraction of sp³-hybridized carbons (Fsp3) is 0.130. The Labute approximate surface area is 191 Å². The smallest absolute Gasteiger partial charge is 0.284 e. The molecule has 0 saturated heterocycles. The normalized spacial score (nSPS) is 12.2. The number of amides is 1. The molecule has 1 N–H and O–H groups in total. The number of carbonyl (C=O) groups is 1. The molecule has 3 heterocycles. The van der Waals surface area contributed by atoms with Gasteiger partial charge in [0.05, 0.1) is 21.7 Å². The van der Waals surface area contributed by atoms with Crippen LogP contribution < -0.4 is 5.32 Å². The lowest BCUT2D eigenvalue weighted by molar-refractivity contribution is -0.115. The summed E-state index contributed by atoms with van der Waals surface area (Å²) in [7, 11) is 0. The monoisotopic (exact) mass is 462 g/mol. The summed E-state index contributed by atoms with van der Waals surface area (Å²) in [6, 6.07) is 17.4. The van der Waals surface area contributed by atoms with Crippen LogP contribution in [0, 0.1) is 6.92 Å². The lowest BCUT2D eigenvalue weighted by Crippen LogP contribution is -2.22. The van der Waals surface area contributed by atoms with E-state index in [4.69, 9.17) is 13.8 Å². The maximum absolute atomic E-state index is 12.6. The highest BCUT2D eigenvalue weighted by molar-refractivity contribution is 8.00. The second-order valence-corrected chi connectivity index (χ2v) is 9.49. The topological polar surface area (TPSA) is 94.1 Å². The lowest BCUT2D eigenvalue weighted by Gasteiger charge is -2.10. The van der Waals surface area contributed by atoms with Crippen molar-refractivity contribution in [2.45, 2.75) is 24.3 Å². The summed E-state index contributed by atoms with van der Waals surface area (Å²) in [6.45, 7) is 3.86. The van der Waals surface area contributed by atoms with Gasteiger partial charge in [-0.05, 0) is 67.9 Å². The lowest BCUT2D eigenvalue weighted by atomic mass is 10.2. The van der Waals surface area contributed by atoms with Crippen molar-refractivity contribution in [3.63, 3.8) is 0 Å². The third-order valence-corrected chi connectivity index (χ3v) is 6.73. The van der Waals surface area contributed by atoms with Gasteiger partial charge in [-0.1, -0.05) is 17.8 Å². The highest BCUT2D eigenvalue weighted by Gasteiger charge is 2.19. The summed E-state index contributed by atoms with van der Waals surface area (Å²) in [5, 5.41) is 11.7. The van der Waals surface area contributed by atoms with E-state index < -0.39 is 5.25 Å². The number of furan rings is 1. The van der Waals surface area contributed by atoms with Crippen LogP contribution in [0.1, 0.15) is 12.5 Å². The van der Waals surface area contributed by atoms with Gasteiger partial charge in [0.2, 0.25) is 5.91 Å². The highest BCUT2D eigenvalue weighted by atomic mass is 32.2. The summed E-state index contributed by atoms with van der Waals surface area (Å²) in [6.07, 6.45) is 1.53. The van der Waals surface area contributed by atoms with Gasteiger partial charge in [0.25, 0.3) is 11.1 Å². The second kappa shape index (κ2) is 8.60. The van der Waals surface area contributed by atoms with Gasteiger partial charge in [-0.2, -0.15) is 0 Å². The van der Waals surface area contributed by atoms with Crippen LogP contribution in [0.25, 0.3) is 32.4 Å². The van der Waals surface area contributed by atoms with E-state index in [-0.39, 0.29) is 11.8 Å². The molecule has 0 aliphatic heterocycles. The molecule has 0 bridgehead atoms. The Morgan fingerprint density at radius 1 is 1.12 bits per heavy atom. The summed E-state index contributed by atoms with van der Waals surface area (Å²) < 4.78 is 12.0. The van der Waals surface area contributed by atoms with E-state index in [1.807, 2.05) is 30.3 Å². The molecule has 1 amide bonds. The van der Waals surface area contributed by atoms with E-state index in [1.54, 1.807) is 30.4 Å². The largest absolute Gasteiger partial charge is 0.459 e. The van der Waals surface area contributed by atoms with Crippen molar-refractivity contribution in [3.8, 4) is 22.2 Å². The number of thioether (sulfide) groups is 1. The first-order valence-electron chi connectivity index (χ1n) is 9.88. The average Bonchev–Trinajstić information content (AvgIpc) is 3.54. The molecule has 3 aromatic heterocycles. The Morgan fingerprint density at radius 2 is 1.97 bits per heavy atom. The van der Waals surface area contributed by atoms with Crippen molar-refractivity contribution in [3.05, 3.63) is 66.4 Å². The molecule has 5 aromatic rings. The number of rotatable bonds is 6. The summed E-state index contributed by atoms with van der Waals surface area (Å²) in [5.74, 6) is 0.617. The molecule has 0 aliphatic rings. The summed E-state index contributed by atoms with van der Waals surface area (Å²) >= 11 is 2.85. The molecule has 0 saturated carbocycles. The fourth-order valence-electron chi connectivity index (χ4n) is 3.06. The van der Waals surface area contributed by atoms with Crippen LogP contribution in [0.4, 0.5) is 5.69 Å². The van der Waals surface area contributed by atoms with Gasteiger partial charge in [0.15, 0.2) is 5.76 Å². The Morgan fingerprint density at radius 3 is 2.75 bits per heavy atom. The molecule has 0 fully saturated rings. The number of aryl methyl sites for hydroxylation is 1. The number of nitrogens with zero attached hydrogens (tertiary/aromatic N) is 3. The van der Waals surface area contributed by atoms with Crippen molar-refractivity contribution in [1.29, 1.82) is 0 Å². The molecular formula is C23H18N4O3S2. The number of benzene rings is 2. The Bertz CT molecular complexity index is 1370. The van der Waals surface area contributed by atoms with Crippen molar-refractivity contribution in [2.24, 2.45) is 0 Å². The van der Waals surface area contributed by atoms with Crippen molar-refractivity contribution < 1.29 is 13.6 Å². The molecule has 9 heteroatoms. The molecule has 0 radical (unpaired) electrons. The minimum Gasteiger partial charge on any atom is -0.459 e. The number of aromatic nitrogens is 3. The SMILES string of the molecule is Cc1ccc2nc(-c3ccc(NC(=O)C(C)Sc4nnc(-c5ccco5)o4)cc3)sc2c1. The molecule has 1 atom stereocenters. The van der Waals surface area contributed by atoms with Gasteiger partial charge in [-0.25, -0.2) is 4.98 Å². The number of anilines is 1. The van der Waals surface area contributed by atoms with E-state index in [0.717, 1.165) is 16.1 Å². The highest BCUT2D eigenvalue weighted by Crippen LogP contribution is 2.32. The minimum atomic E-state index is -0.424. The molecule has 5 rings (SSSR count). The van der Waals surface area contributed by atoms with Crippen molar-refractivity contribution in [1.82, 2.24) is 15.2 Å². The van der Waals surface area contributed by atoms with Crippen LogP contribution in [0.15, 0.2) is 74.9 Å². The zero-order chi connectivity index (χ0) is 22.1. The predicted molar refractivity (Wildman–Crippen MR) is 126 cm³/mol. The molecular weight excluding hydrogens is 444 g/mol. The number of thiazole rings is 1. The number of carbonyl (C=O) groups excluding carboxylic acids is 1. The average molecular weight is 463 g/mol. The quantitative estimate of drug-likeness (QED) is 0.308. The molecule has 1 unspecified atom stereocenters. The van der Waals surface area contributed by atoms with Crippen LogP contribution in [0.2, 0.25) is 0 Å². The predicted octanol–water partition coefficient (Wildman–Crippen LogP) is 6.03. The summed E-state index contributed by atoms with van der Waals surface area (Å²) in [5.41, 5.74) is 3.94. The van der Waals surface area contributed by atoms with Gasteiger partial charge in [0, 0.05) is 11.3 Å². The van der Waals surface area contributed by atoms with Gasteiger partial charge in [0.1, 0.15) is 5.01 Å². The van der Waals surface area contributed by atoms with Crippen LogP contribution >= 0.6 is 23.1 Å². The molecule has 0 spiro atoms. The zero-order valence-electron chi connectivity index (χ0n) is 17.2. The molecule has 2 aromatic carbocycles. The maximum Gasteiger partial charge on any atom is 0.284 e. The Kier molecular flexibility index (Phi) is 5.50. The van der Waals surface area contributed by atoms with Crippen LogP contribution in [-0.4, -0.2) is 26.3 Å². The van der Waals surface area contributed by atoms with Gasteiger partial charge >= 0.3 is 0 Å². The Balaban J connectivity index is 1.23. The van der Waals surface area contributed by atoms with E-state index in [2.05, 4.69) is 34.6 Å². The standard InChI is InChI=1S/C23H18N4O3S2/c1-13-5-10-17-19(12-13)32-22(25-17)15-6-8-16(9-7-15)24-20(28)14(2)31-23-27-26-21(30-23)18-4-3-11-29-18/h3-12,14H,1-2H3,(H,24,28). The molecule has 0 aliphatic carbocycles. The molecule has 32 heavy (non-hydrogen) atoms. The Hall–Kier alpha value is -3.43.